The van der Waals surface area contributed by atoms with Gasteiger partial charge in [0.1, 0.15) is 5.75 Å². The molecule has 2 rings (SSSR count). The van der Waals surface area contributed by atoms with Crippen LogP contribution < -0.4 is 9.64 Å². The maximum Gasteiger partial charge on any atom is 0.152 e. The lowest BCUT2D eigenvalue weighted by Crippen LogP contribution is -2.12. The second kappa shape index (κ2) is 5.89. The Labute approximate surface area is 120 Å². The summed E-state index contributed by atoms with van der Waals surface area (Å²) >= 11 is 3.43. The molecule has 0 saturated carbocycles. The third-order valence-electron chi connectivity index (χ3n) is 2.93. The number of hydrogen-bond donors (Lipinski definition) is 0. The molecule has 0 fully saturated rings. The second-order valence-electron chi connectivity index (χ2n) is 4.05. The highest BCUT2D eigenvalue weighted by atomic mass is 79.9. The minimum absolute atomic E-state index is 0.636. The van der Waals surface area contributed by atoms with Gasteiger partial charge in [-0.05, 0) is 30.3 Å². The predicted octanol–water partition coefficient (Wildman–Crippen LogP) is 4.04. The van der Waals surface area contributed by atoms with Gasteiger partial charge >= 0.3 is 0 Å². The van der Waals surface area contributed by atoms with Crippen LogP contribution in [0.2, 0.25) is 0 Å². The molecular formula is C15H14BrNO2. The Bertz CT molecular complexity index is 598. The minimum atomic E-state index is 0.636. The normalized spacial score (nSPS) is 10.1. The largest absolute Gasteiger partial charge is 0.495 e. The molecule has 0 aliphatic carbocycles. The fraction of sp³-hybridized carbons (Fsp3) is 0.133. The maximum atomic E-state index is 11.2. The first-order valence-corrected chi connectivity index (χ1v) is 6.58. The highest BCUT2D eigenvalue weighted by Gasteiger charge is 2.13. The van der Waals surface area contributed by atoms with Gasteiger partial charge < -0.3 is 9.64 Å². The molecule has 0 heterocycles. The zero-order valence-corrected chi connectivity index (χ0v) is 12.3. The molecule has 0 aromatic heterocycles. The zero-order chi connectivity index (χ0) is 13.8. The van der Waals surface area contributed by atoms with Crippen LogP contribution in [0, 0.1) is 0 Å². The summed E-state index contributed by atoms with van der Waals surface area (Å²) in [5.74, 6) is 0.766. The molecule has 0 saturated heterocycles. The molecule has 0 spiro atoms. The van der Waals surface area contributed by atoms with E-state index >= 15 is 0 Å². The van der Waals surface area contributed by atoms with E-state index in [9.17, 15) is 4.79 Å². The van der Waals surface area contributed by atoms with E-state index in [1.54, 1.807) is 13.2 Å². The standard InChI is InChI=1S/C15H14BrNO2/c1-17(13-5-3-4-6-15(13)19-2)14-9-12(16)8-7-11(14)10-18/h3-10H,1-2H3. The smallest absolute Gasteiger partial charge is 0.152 e. The lowest BCUT2D eigenvalue weighted by Gasteiger charge is -2.23. The third kappa shape index (κ3) is 2.79. The number of carbonyl (C=O) groups is 1. The van der Waals surface area contributed by atoms with Gasteiger partial charge in [0.05, 0.1) is 18.5 Å². The Morgan fingerprint density at radius 1 is 1.16 bits per heavy atom. The average molecular weight is 320 g/mol. The molecule has 2 aromatic rings. The summed E-state index contributed by atoms with van der Waals surface area (Å²) in [6.45, 7) is 0. The summed E-state index contributed by atoms with van der Waals surface area (Å²) in [5.41, 5.74) is 2.37. The first-order valence-electron chi connectivity index (χ1n) is 5.79. The number of nitrogens with zero attached hydrogens (tertiary/aromatic N) is 1. The molecular weight excluding hydrogens is 306 g/mol. The summed E-state index contributed by atoms with van der Waals surface area (Å²) in [6, 6.07) is 13.3. The molecule has 2 aromatic carbocycles. The highest BCUT2D eigenvalue weighted by molar-refractivity contribution is 9.10. The van der Waals surface area contributed by atoms with Crippen LogP contribution in [0.3, 0.4) is 0 Å². The third-order valence-corrected chi connectivity index (χ3v) is 3.42. The van der Waals surface area contributed by atoms with E-state index in [-0.39, 0.29) is 0 Å². The number of hydrogen-bond acceptors (Lipinski definition) is 3. The van der Waals surface area contributed by atoms with Crippen LogP contribution in [0.25, 0.3) is 0 Å². The van der Waals surface area contributed by atoms with E-state index in [0.29, 0.717) is 5.56 Å². The van der Waals surface area contributed by atoms with E-state index in [2.05, 4.69) is 15.9 Å². The van der Waals surface area contributed by atoms with Crippen LogP contribution in [0.5, 0.6) is 5.75 Å². The van der Waals surface area contributed by atoms with Gasteiger partial charge in [0.25, 0.3) is 0 Å². The summed E-state index contributed by atoms with van der Waals surface area (Å²) in [6.07, 6.45) is 0.855. The van der Waals surface area contributed by atoms with Gasteiger partial charge in [-0.1, -0.05) is 28.1 Å². The van der Waals surface area contributed by atoms with E-state index < -0.39 is 0 Å². The average Bonchev–Trinajstić information content (AvgIpc) is 2.46. The van der Waals surface area contributed by atoms with Gasteiger partial charge in [-0.2, -0.15) is 0 Å². The van der Waals surface area contributed by atoms with Gasteiger partial charge in [-0.15, -0.1) is 0 Å². The molecule has 3 nitrogen and oxygen atoms in total. The summed E-state index contributed by atoms with van der Waals surface area (Å²) < 4.78 is 6.28. The minimum Gasteiger partial charge on any atom is -0.495 e. The number of ether oxygens (including phenoxy) is 1. The number of halogens is 1. The SMILES string of the molecule is COc1ccccc1N(C)c1cc(Br)ccc1C=O. The molecule has 0 bridgehead atoms. The van der Waals surface area contributed by atoms with Crippen molar-refractivity contribution in [1.82, 2.24) is 0 Å². The Morgan fingerprint density at radius 2 is 1.89 bits per heavy atom. The van der Waals surface area contributed by atoms with Crippen molar-refractivity contribution in [2.75, 3.05) is 19.1 Å². The number of benzene rings is 2. The fourth-order valence-corrected chi connectivity index (χ4v) is 2.29. The highest BCUT2D eigenvalue weighted by Crippen LogP contribution is 2.34. The van der Waals surface area contributed by atoms with Crippen molar-refractivity contribution in [3.05, 3.63) is 52.5 Å². The van der Waals surface area contributed by atoms with E-state index in [1.807, 2.05) is 48.3 Å². The van der Waals surface area contributed by atoms with Crippen molar-refractivity contribution in [1.29, 1.82) is 0 Å². The molecule has 19 heavy (non-hydrogen) atoms. The van der Waals surface area contributed by atoms with Gasteiger partial charge in [0.15, 0.2) is 6.29 Å². The maximum absolute atomic E-state index is 11.2. The molecule has 0 amide bonds. The number of aldehydes is 1. The number of methoxy groups -OCH3 is 1. The van der Waals surface area contributed by atoms with Gasteiger partial charge in [0, 0.05) is 17.1 Å². The summed E-state index contributed by atoms with van der Waals surface area (Å²) in [5, 5.41) is 0. The number of anilines is 2. The molecule has 0 atom stereocenters. The van der Waals surface area contributed by atoms with Crippen LogP contribution >= 0.6 is 15.9 Å². The van der Waals surface area contributed by atoms with E-state index in [1.165, 1.54) is 0 Å². The lowest BCUT2D eigenvalue weighted by molar-refractivity contribution is 0.112. The van der Waals surface area contributed by atoms with Crippen molar-refractivity contribution in [3.8, 4) is 5.75 Å². The summed E-state index contributed by atoms with van der Waals surface area (Å²) in [4.78, 5) is 13.1. The zero-order valence-electron chi connectivity index (χ0n) is 10.8. The van der Waals surface area contributed by atoms with Gasteiger partial charge in [-0.3, -0.25) is 4.79 Å². The van der Waals surface area contributed by atoms with Crippen LogP contribution in [0.4, 0.5) is 11.4 Å². The second-order valence-corrected chi connectivity index (χ2v) is 4.97. The quantitative estimate of drug-likeness (QED) is 0.796. The fourth-order valence-electron chi connectivity index (χ4n) is 1.94. The van der Waals surface area contributed by atoms with Crippen LogP contribution in [-0.2, 0) is 0 Å². The van der Waals surface area contributed by atoms with Gasteiger partial charge in [-0.25, -0.2) is 0 Å². The van der Waals surface area contributed by atoms with Crippen molar-refractivity contribution in [3.63, 3.8) is 0 Å². The predicted molar refractivity (Wildman–Crippen MR) is 80.6 cm³/mol. The number of rotatable bonds is 4. The lowest BCUT2D eigenvalue weighted by atomic mass is 10.1. The number of carbonyl (C=O) groups excluding carboxylic acids is 1. The van der Waals surface area contributed by atoms with E-state index in [0.717, 1.165) is 27.9 Å². The Kier molecular flexibility index (Phi) is 4.22. The van der Waals surface area contributed by atoms with Gasteiger partial charge in [0.2, 0.25) is 0 Å². The Morgan fingerprint density at radius 3 is 2.58 bits per heavy atom. The Hall–Kier alpha value is -1.81. The van der Waals surface area contributed by atoms with Crippen molar-refractivity contribution < 1.29 is 9.53 Å². The first-order chi connectivity index (χ1) is 9.17. The molecule has 0 N–H and O–H groups in total. The molecule has 98 valence electrons. The molecule has 0 aliphatic rings. The molecule has 0 aliphatic heterocycles. The first kappa shape index (κ1) is 13.6. The van der Waals surface area contributed by atoms with Crippen LogP contribution in [0.1, 0.15) is 10.4 Å². The van der Waals surface area contributed by atoms with Crippen LogP contribution in [0.15, 0.2) is 46.9 Å². The molecule has 0 unspecified atom stereocenters. The summed E-state index contributed by atoms with van der Waals surface area (Å²) in [7, 11) is 3.54. The molecule has 0 radical (unpaired) electrons. The Balaban J connectivity index is 2.52. The number of para-hydroxylation sites is 2. The van der Waals surface area contributed by atoms with E-state index in [4.69, 9.17) is 4.74 Å². The molecule has 4 heteroatoms. The van der Waals surface area contributed by atoms with Crippen molar-refractivity contribution in [2.45, 2.75) is 0 Å². The monoisotopic (exact) mass is 319 g/mol. The van der Waals surface area contributed by atoms with Crippen molar-refractivity contribution in [2.24, 2.45) is 0 Å². The van der Waals surface area contributed by atoms with Crippen molar-refractivity contribution >= 4 is 33.6 Å². The topological polar surface area (TPSA) is 29.5 Å². The van der Waals surface area contributed by atoms with Crippen LogP contribution in [-0.4, -0.2) is 20.4 Å².